The average Bonchev–Trinajstić information content (AvgIpc) is 3.00. The number of nitrogens with one attached hydrogen (secondary N) is 1. The normalized spacial score (nSPS) is 13.3. The van der Waals surface area contributed by atoms with Crippen molar-refractivity contribution in [1.29, 1.82) is 0 Å². The fourth-order valence-electron chi connectivity index (χ4n) is 2.19. The molecule has 5 nitrogen and oxygen atoms in total. The van der Waals surface area contributed by atoms with E-state index in [0.29, 0.717) is 17.1 Å². The van der Waals surface area contributed by atoms with Gasteiger partial charge >= 0.3 is 5.97 Å². The first-order chi connectivity index (χ1) is 11.4. The Balaban J connectivity index is 2.02. The lowest BCUT2D eigenvalue weighted by Gasteiger charge is -2.19. The van der Waals surface area contributed by atoms with Crippen molar-refractivity contribution in [1.82, 2.24) is 10.3 Å². The number of halogens is 1. The summed E-state index contributed by atoms with van der Waals surface area (Å²) in [5.41, 5.74) is 1.33. The molecular weight excluding hydrogens is 331 g/mol. The molecule has 1 amide bonds. The van der Waals surface area contributed by atoms with Crippen molar-refractivity contribution >= 4 is 23.2 Å². The molecule has 0 radical (unpaired) electrons. The zero-order valence-electron chi connectivity index (χ0n) is 13.5. The highest BCUT2D eigenvalue weighted by Gasteiger charge is 2.25. The molecular formula is C17H19FN2O3S. The maximum Gasteiger partial charge on any atom is 0.326 e. The Morgan fingerprint density at radius 2 is 2.00 bits per heavy atom. The lowest BCUT2D eigenvalue weighted by atomic mass is 9.99. The summed E-state index contributed by atoms with van der Waals surface area (Å²) in [6.45, 7) is 3.66. The number of nitrogens with zero attached hydrogens (tertiary/aromatic N) is 1. The number of carbonyl (C=O) groups excluding carboxylic acids is 1. The van der Waals surface area contributed by atoms with E-state index in [1.807, 2.05) is 6.92 Å². The lowest BCUT2D eigenvalue weighted by Crippen LogP contribution is -2.45. The van der Waals surface area contributed by atoms with Gasteiger partial charge in [-0.15, -0.1) is 11.3 Å². The number of aliphatic carboxylic acids is 1. The fourth-order valence-corrected chi connectivity index (χ4v) is 3.01. The van der Waals surface area contributed by atoms with Crippen LogP contribution in [0.4, 0.5) is 4.39 Å². The van der Waals surface area contributed by atoms with Gasteiger partial charge in [0.25, 0.3) is 0 Å². The average molecular weight is 350 g/mol. The summed E-state index contributed by atoms with van der Waals surface area (Å²) in [5, 5.41) is 14.2. The fraction of sp³-hybridized carbons (Fsp3) is 0.353. The Bertz CT molecular complexity index is 715. The zero-order chi connectivity index (χ0) is 17.7. The van der Waals surface area contributed by atoms with Gasteiger partial charge in [-0.05, 0) is 30.2 Å². The van der Waals surface area contributed by atoms with Crippen LogP contribution in [-0.2, 0) is 16.0 Å². The Labute approximate surface area is 143 Å². The molecule has 0 saturated carbocycles. The number of thiazole rings is 1. The minimum atomic E-state index is -1.04. The SMILES string of the molecule is CC[C@H](C)[C@H](NC(=O)Cc1csc(-c2ccc(F)cc2)n1)C(=O)O. The molecule has 2 atom stereocenters. The third-order valence-electron chi connectivity index (χ3n) is 3.78. The molecule has 0 fully saturated rings. The molecule has 7 heteroatoms. The van der Waals surface area contributed by atoms with Crippen LogP contribution in [0, 0.1) is 11.7 Å². The topological polar surface area (TPSA) is 79.3 Å². The first-order valence-corrected chi connectivity index (χ1v) is 8.51. The molecule has 1 heterocycles. The second-order valence-corrected chi connectivity index (χ2v) is 6.45. The Morgan fingerprint density at radius 1 is 1.33 bits per heavy atom. The molecule has 0 saturated heterocycles. The van der Waals surface area contributed by atoms with E-state index in [-0.39, 0.29) is 24.1 Å². The second-order valence-electron chi connectivity index (χ2n) is 5.60. The molecule has 128 valence electrons. The first kappa shape index (κ1) is 18.1. The molecule has 0 aliphatic carbocycles. The van der Waals surface area contributed by atoms with E-state index in [4.69, 9.17) is 0 Å². The van der Waals surface area contributed by atoms with Gasteiger partial charge in [0, 0.05) is 10.9 Å². The number of amides is 1. The summed E-state index contributed by atoms with van der Waals surface area (Å²) < 4.78 is 12.9. The maximum absolute atomic E-state index is 12.9. The van der Waals surface area contributed by atoms with Gasteiger partial charge in [0.05, 0.1) is 12.1 Å². The van der Waals surface area contributed by atoms with Crippen LogP contribution < -0.4 is 5.32 Å². The van der Waals surface area contributed by atoms with Gasteiger partial charge in [-0.25, -0.2) is 14.2 Å². The van der Waals surface area contributed by atoms with Crippen LogP contribution in [0.25, 0.3) is 10.6 Å². The number of hydrogen-bond acceptors (Lipinski definition) is 4. The van der Waals surface area contributed by atoms with Crippen molar-refractivity contribution in [2.24, 2.45) is 5.92 Å². The molecule has 1 aromatic carbocycles. The van der Waals surface area contributed by atoms with E-state index in [1.54, 1.807) is 24.4 Å². The zero-order valence-corrected chi connectivity index (χ0v) is 14.3. The van der Waals surface area contributed by atoms with Crippen molar-refractivity contribution in [2.45, 2.75) is 32.7 Å². The quantitative estimate of drug-likeness (QED) is 0.804. The molecule has 0 spiro atoms. The summed E-state index contributed by atoms with van der Waals surface area (Å²) in [6, 6.07) is 5.06. The van der Waals surface area contributed by atoms with E-state index >= 15 is 0 Å². The van der Waals surface area contributed by atoms with Crippen molar-refractivity contribution in [3.8, 4) is 10.6 Å². The number of carboxylic acid groups (broad SMARTS) is 1. The van der Waals surface area contributed by atoms with Gasteiger partial charge in [0.2, 0.25) is 5.91 Å². The molecule has 2 N–H and O–H groups in total. The van der Waals surface area contributed by atoms with E-state index in [1.165, 1.54) is 23.5 Å². The minimum Gasteiger partial charge on any atom is -0.480 e. The number of carboxylic acids is 1. The summed E-state index contributed by atoms with van der Waals surface area (Å²) in [7, 11) is 0. The number of carbonyl (C=O) groups is 2. The molecule has 0 aliphatic rings. The van der Waals surface area contributed by atoms with E-state index in [2.05, 4.69) is 10.3 Å². The van der Waals surface area contributed by atoms with Crippen LogP contribution >= 0.6 is 11.3 Å². The lowest BCUT2D eigenvalue weighted by molar-refractivity contribution is -0.143. The van der Waals surface area contributed by atoms with Crippen molar-refractivity contribution in [3.63, 3.8) is 0 Å². The summed E-state index contributed by atoms with van der Waals surface area (Å²) in [6.07, 6.45) is 0.667. The second kappa shape index (κ2) is 8.01. The summed E-state index contributed by atoms with van der Waals surface area (Å²) in [5.74, 6) is -1.89. The van der Waals surface area contributed by atoms with Gasteiger partial charge < -0.3 is 10.4 Å². The molecule has 0 bridgehead atoms. The van der Waals surface area contributed by atoms with Crippen LogP contribution in [0.1, 0.15) is 26.0 Å². The predicted octanol–water partition coefficient (Wildman–Crippen LogP) is 3.11. The van der Waals surface area contributed by atoms with Gasteiger partial charge in [-0.1, -0.05) is 20.3 Å². The summed E-state index contributed by atoms with van der Waals surface area (Å²) >= 11 is 1.36. The minimum absolute atomic E-state index is 0.0118. The molecule has 24 heavy (non-hydrogen) atoms. The van der Waals surface area contributed by atoms with Gasteiger partial charge in [-0.3, -0.25) is 4.79 Å². The van der Waals surface area contributed by atoms with E-state index in [0.717, 1.165) is 5.56 Å². The molecule has 1 aromatic heterocycles. The Kier molecular flexibility index (Phi) is 6.03. The molecule has 0 unspecified atom stereocenters. The van der Waals surface area contributed by atoms with Gasteiger partial charge in [0.15, 0.2) is 0 Å². The van der Waals surface area contributed by atoms with Crippen LogP contribution in [0.3, 0.4) is 0 Å². The van der Waals surface area contributed by atoms with Crippen molar-refractivity contribution < 1.29 is 19.1 Å². The maximum atomic E-state index is 12.9. The Hall–Kier alpha value is -2.28. The molecule has 2 rings (SSSR count). The van der Waals surface area contributed by atoms with E-state index in [9.17, 15) is 19.1 Å². The highest BCUT2D eigenvalue weighted by molar-refractivity contribution is 7.13. The highest BCUT2D eigenvalue weighted by atomic mass is 32.1. The van der Waals surface area contributed by atoms with Crippen LogP contribution in [0.2, 0.25) is 0 Å². The van der Waals surface area contributed by atoms with Crippen molar-refractivity contribution in [2.75, 3.05) is 0 Å². The van der Waals surface area contributed by atoms with Crippen LogP contribution in [0.5, 0.6) is 0 Å². The largest absolute Gasteiger partial charge is 0.480 e. The van der Waals surface area contributed by atoms with Crippen LogP contribution in [-0.4, -0.2) is 28.0 Å². The standard InChI is InChI=1S/C17H19FN2O3S/c1-3-10(2)15(17(22)23)20-14(21)8-13-9-24-16(19-13)11-4-6-12(18)7-5-11/h4-7,9-10,15H,3,8H2,1-2H3,(H,20,21)(H,22,23)/t10-,15-/m0/s1. The number of hydrogen-bond donors (Lipinski definition) is 2. The first-order valence-electron chi connectivity index (χ1n) is 7.63. The van der Waals surface area contributed by atoms with Crippen LogP contribution in [0.15, 0.2) is 29.6 Å². The number of benzene rings is 1. The molecule has 0 aliphatic heterocycles. The monoisotopic (exact) mass is 350 g/mol. The van der Waals surface area contributed by atoms with Gasteiger partial charge in [0.1, 0.15) is 16.9 Å². The van der Waals surface area contributed by atoms with Gasteiger partial charge in [-0.2, -0.15) is 0 Å². The predicted molar refractivity (Wildman–Crippen MR) is 90.2 cm³/mol. The number of aromatic nitrogens is 1. The van der Waals surface area contributed by atoms with Crippen molar-refractivity contribution in [3.05, 3.63) is 41.2 Å². The number of rotatable bonds is 7. The highest BCUT2D eigenvalue weighted by Crippen LogP contribution is 2.24. The third kappa shape index (κ3) is 4.61. The molecule has 2 aromatic rings. The summed E-state index contributed by atoms with van der Waals surface area (Å²) in [4.78, 5) is 27.7. The Morgan fingerprint density at radius 3 is 2.58 bits per heavy atom. The smallest absolute Gasteiger partial charge is 0.326 e. The van der Waals surface area contributed by atoms with E-state index < -0.39 is 12.0 Å². The third-order valence-corrected chi connectivity index (χ3v) is 4.72.